The number of hydrogen-bond acceptors (Lipinski definition) is 4. The molecular formula is C15H12Cl2N2O4. The van der Waals surface area contributed by atoms with Crippen LogP contribution in [0.25, 0.3) is 0 Å². The van der Waals surface area contributed by atoms with Gasteiger partial charge in [0.05, 0.1) is 4.92 Å². The topological polar surface area (TPSA) is 72.7 Å². The normalized spacial score (nSPS) is 11.6. The lowest BCUT2D eigenvalue weighted by Crippen LogP contribution is -2.44. The van der Waals surface area contributed by atoms with Crippen molar-refractivity contribution in [2.24, 2.45) is 0 Å². The minimum atomic E-state index is -1.91. The van der Waals surface area contributed by atoms with Gasteiger partial charge in [-0.05, 0) is 30.3 Å². The summed E-state index contributed by atoms with van der Waals surface area (Å²) < 4.78 is 5.18. The molecule has 1 atom stereocenters. The summed E-state index contributed by atoms with van der Waals surface area (Å²) in [5.41, 5.74) is 0.511. The van der Waals surface area contributed by atoms with Gasteiger partial charge < -0.3 is 9.64 Å². The SMILES string of the molecule is CN(C(=O)C(Oc1cc(Cl)cc(Cl)c1)[N+](=O)[O-])c1ccccc1. The van der Waals surface area contributed by atoms with E-state index >= 15 is 0 Å². The number of para-hydroxylation sites is 1. The molecule has 0 heterocycles. The minimum absolute atomic E-state index is 0.0408. The van der Waals surface area contributed by atoms with Crippen LogP contribution < -0.4 is 9.64 Å². The zero-order chi connectivity index (χ0) is 17.0. The Kier molecular flexibility index (Phi) is 5.41. The van der Waals surface area contributed by atoms with Crippen molar-refractivity contribution < 1.29 is 14.5 Å². The average molecular weight is 355 g/mol. The summed E-state index contributed by atoms with van der Waals surface area (Å²) in [4.78, 5) is 23.9. The number of benzene rings is 2. The average Bonchev–Trinajstić information content (AvgIpc) is 2.51. The molecule has 0 saturated carbocycles. The number of carbonyl (C=O) groups is 1. The summed E-state index contributed by atoms with van der Waals surface area (Å²) in [6.45, 7) is 0. The van der Waals surface area contributed by atoms with Crippen molar-refractivity contribution in [2.75, 3.05) is 11.9 Å². The van der Waals surface area contributed by atoms with E-state index in [1.54, 1.807) is 30.3 Å². The van der Waals surface area contributed by atoms with Gasteiger partial charge in [0.25, 0.3) is 0 Å². The molecule has 1 unspecified atom stereocenters. The van der Waals surface area contributed by atoms with Gasteiger partial charge in [0, 0.05) is 22.8 Å². The number of likely N-dealkylation sites (N-methyl/N-ethyl adjacent to an activating group) is 1. The van der Waals surface area contributed by atoms with E-state index in [2.05, 4.69) is 0 Å². The van der Waals surface area contributed by atoms with Crippen LogP contribution in [-0.2, 0) is 4.79 Å². The molecule has 0 bridgehead atoms. The Morgan fingerprint density at radius 2 is 1.74 bits per heavy atom. The Labute approximate surface area is 142 Å². The van der Waals surface area contributed by atoms with Crippen LogP contribution >= 0.6 is 23.2 Å². The van der Waals surface area contributed by atoms with Gasteiger partial charge in [-0.3, -0.25) is 14.9 Å². The molecular weight excluding hydrogens is 343 g/mol. The Bertz CT molecular complexity index is 704. The molecule has 0 aromatic heterocycles. The number of halogens is 2. The summed E-state index contributed by atoms with van der Waals surface area (Å²) >= 11 is 11.6. The zero-order valence-electron chi connectivity index (χ0n) is 12.0. The fraction of sp³-hybridized carbons (Fsp3) is 0.133. The number of rotatable bonds is 5. The summed E-state index contributed by atoms with van der Waals surface area (Å²) in [6, 6.07) is 12.7. The molecule has 0 saturated heterocycles. The van der Waals surface area contributed by atoms with Gasteiger partial charge in [0.2, 0.25) is 0 Å². The monoisotopic (exact) mass is 354 g/mol. The second-order valence-electron chi connectivity index (χ2n) is 4.59. The summed E-state index contributed by atoms with van der Waals surface area (Å²) in [7, 11) is 1.43. The third-order valence-electron chi connectivity index (χ3n) is 2.96. The van der Waals surface area contributed by atoms with Crippen molar-refractivity contribution in [3.8, 4) is 5.75 Å². The highest BCUT2D eigenvalue weighted by Gasteiger charge is 2.35. The van der Waals surface area contributed by atoms with E-state index in [0.29, 0.717) is 5.69 Å². The van der Waals surface area contributed by atoms with Gasteiger partial charge in [0.15, 0.2) is 0 Å². The molecule has 2 rings (SSSR count). The maximum absolute atomic E-state index is 12.4. The van der Waals surface area contributed by atoms with Gasteiger partial charge >= 0.3 is 12.1 Å². The third kappa shape index (κ3) is 4.34. The molecule has 2 aromatic carbocycles. The molecule has 0 aliphatic heterocycles. The van der Waals surface area contributed by atoms with Crippen molar-refractivity contribution in [2.45, 2.75) is 6.23 Å². The van der Waals surface area contributed by atoms with E-state index in [0.717, 1.165) is 4.90 Å². The van der Waals surface area contributed by atoms with Crippen LogP contribution in [0.3, 0.4) is 0 Å². The van der Waals surface area contributed by atoms with Gasteiger partial charge in [-0.1, -0.05) is 41.4 Å². The first-order valence-electron chi connectivity index (χ1n) is 6.47. The lowest BCUT2D eigenvalue weighted by atomic mass is 10.3. The van der Waals surface area contributed by atoms with Crippen molar-refractivity contribution in [1.29, 1.82) is 0 Å². The first-order valence-corrected chi connectivity index (χ1v) is 7.23. The van der Waals surface area contributed by atoms with Crippen molar-refractivity contribution >= 4 is 34.8 Å². The van der Waals surface area contributed by atoms with Crippen LogP contribution in [0.15, 0.2) is 48.5 Å². The predicted molar refractivity (Wildman–Crippen MR) is 87.7 cm³/mol. The fourth-order valence-electron chi connectivity index (χ4n) is 1.85. The number of ether oxygens (including phenoxy) is 1. The van der Waals surface area contributed by atoms with Crippen LogP contribution in [-0.4, -0.2) is 24.1 Å². The fourth-order valence-corrected chi connectivity index (χ4v) is 2.36. The van der Waals surface area contributed by atoms with Crippen LogP contribution in [0.5, 0.6) is 5.75 Å². The molecule has 0 spiro atoms. The van der Waals surface area contributed by atoms with Gasteiger partial charge in [-0.25, -0.2) is 0 Å². The van der Waals surface area contributed by atoms with Gasteiger partial charge in [-0.15, -0.1) is 0 Å². The highest BCUT2D eigenvalue weighted by atomic mass is 35.5. The van der Waals surface area contributed by atoms with E-state index < -0.39 is 17.1 Å². The van der Waals surface area contributed by atoms with Crippen molar-refractivity contribution in [3.05, 3.63) is 68.7 Å². The first kappa shape index (κ1) is 17.1. The van der Waals surface area contributed by atoms with Crippen molar-refractivity contribution in [1.82, 2.24) is 0 Å². The molecule has 23 heavy (non-hydrogen) atoms. The lowest BCUT2D eigenvalue weighted by molar-refractivity contribution is -0.545. The van der Waals surface area contributed by atoms with E-state index in [-0.39, 0.29) is 15.8 Å². The number of nitrogens with zero attached hydrogens (tertiary/aromatic N) is 2. The second kappa shape index (κ2) is 7.30. The Morgan fingerprint density at radius 3 is 2.26 bits per heavy atom. The number of hydrogen-bond donors (Lipinski definition) is 0. The summed E-state index contributed by atoms with van der Waals surface area (Å²) in [6.07, 6.45) is -1.91. The molecule has 1 amide bonds. The standard InChI is InChI=1S/C15H12Cl2N2O4/c1-18(12-5-3-2-4-6-12)14(20)15(19(21)22)23-13-8-10(16)7-11(17)9-13/h2-9,15H,1H3. The molecule has 2 aromatic rings. The van der Waals surface area contributed by atoms with Crippen LogP contribution in [0.1, 0.15) is 0 Å². The molecule has 0 aliphatic rings. The first-order chi connectivity index (χ1) is 10.9. The van der Waals surface area contributed by atoms with Gasteiger partial charge in [-0.2, -0.15) is 0 Å². The largest absolute Gasteiger partial charge is 0.434 e. The van der Waals surface area contributed by atoms with Crippen molar-refractivity contribution in [3.63, 3.8) is 0 Å². The second-order valence-corrected chi connectivity index (χ2v) is 5.47. The highest BCUT2D eigenvalue weighted by Crippen LogP contribution is 2.25. The Balaban J connectivity index is 2.24. The minimum Gasteiger partial charge on any atom is -0.423 e. The number of amides is 1. The number of nitro groups is 1. The predicted octanol–water partition coefficient (Wildman–Crippen LogP) is 3.64. The molecule has 8 heteroatoms. The van der Waals surface area contributed by atoms with Crippen LogP contribution in [0.4, 0.5) is 5.69 Å². The molecule has 0 radical (unpaired) electrons. The lowest BCUT2D eigenvalue weighted by Gasteiger charge is -2.19. The van der Waals surface area contributed by atoms with E-state index in [9.17, 15) is 14.9 Å². The molecule has 0 fully saturated rings. The quantitative estimate of drug-likeness (QED) is 0.466. The summed E-state index contributed by atoms with van der Waals surface area (Å²) in [5, 5.41) is 11.7. The molecule has 0 aliphatic carbocycles. The van der Waals surface area contributed by atoms with Crippen LogP contribution in [0, 0.1) is 10.1 Å². The smallest absolute Gasteiger partial charge is 0.423 e. The Hall–Kier alpha value is -2.31. The Morgan fingerprint density at radius 1 is 1.17 bits per heavy atom. The summed E-state index contributed by atoms with van der Waals surface area (Å²) in [5.74, 6) is -0.781. The highest BCUT2D eigenvalue weighted by molar-refractivity contribution is 6.34. The van der Waals surface area contributed by atoms with Gasteiger partial charge in [0.1, 0.15) is 5.75 Å². The molecule has 120 valence electrons. The molecule has 6 nitrogen and oxygen atoms in total. The third-order valence-corrected chi connectivity index (χ3v) is 3.40. The zero-order valence-corrected chi connectivity index (χ0v) is 13.5. The van der Waals surface area contributed by atoms with E-state index in [1.165, 1.54) is 25.2 Å². The maximum atomic E-state index is 12.4. The van der Waals surface area contributed by atoms with Crippen LogP contribution in [0.2, 0.25) is 10.0 Å². The molecule has 0 N–H and O–H groups in total. The maximum Gasteiger partial charge on any atom is 0.434 e. The van der Waals surface area contributed by atoms with E-state index in [4.69, 9.17) is 27.9 Å². The van der Waals surface area contributed by atoms with E-state index in [1.807, 2.05) is 0 Å². The number of carbonyl (C=O) groups excluding carboxylic acids is 1. The number of anilines is 1.